The summed E-state index contributed by atoms with van der Waals surface area (Å²) in [5.41, 5.74) is 3.91. The molecule has 1 aliphatic heterocycles. The Morgan fingerprint density at radius 2 is 1.74 bits per heavy atom. The van der Waals surface area contributed by atoms with Crippen LogP contribution in [-0.4, -0.2) is 35.6 Å². The fourth-order valence-electron chi connectivity index (χ4n) is 6.79. The minimum absolute atomic E-state index is 0.112. The lowest BCUT2D eigenvalue weighted by atomic mass is 9.59. The minimum Gasteiger partial charge on any atom is -0.504 e. The Hall–Kier alpha value is -4.26. The van der Waals surface area contributed by atoms with E-state index >= 15 is 0 Å². The van der Waals surface area contributed by atoms with Gasteiger partial charge in [-0.25, -0.2) is 0 Å². The van der Waals surface area contributed by atoms with Crippen LogP contribution in [0.5, 0.6) is 11.5 Å². The van der Waals surface area contributed by atoms with Crippen LogP contribution in [0.15, 0.2) is 76.9 Å². The minimum atomic E-state index is -0.726. The fraction of sp³-hybridized carbons (Fsp3) is 0.312. The number of allylic oxidation sites excluding steroid dienone is 6. The van der Waals surface area contributed by atoms with E-state index in [0.717, 1.165) is 17.6 Å². The largest absolute Gasteiger partial charge is 0.504 e. The standard InChI is InChI=1S/C32H29NO6/c1-4-17-8-10-18(11-9-17)33-31(37)21-13-12-19-22(27(21)32(33)38)15-23-24(34)14-16(2)29(35)28(23)26(19)20-6-5-7-25(39-3)30(20)36/h5-12,14,21-22,26-27,36H,4,13,15H2,1-3H3/t21-,22+,26+,27-/m0/s1. The summed E-state index contributed by atoms with van der Waals surface area (Å²) in [6.45, 7) is 3.66. The van der Waals surface area contributed by atoms with Gasteiger partial charge in [-0.15, -0.1) is 0 Å². The number of anilines is 1. The molecule has 1 N–H and O–H groups in total. The van der Waals surface area contributed by atoms with Crippen molar-refractivity contribution in [2.75, 3.05) is 12.0 Å². The van der Waals surface area contributed by atoms with Gasteiger partial charge in [0.1, 0.15) is 0 Å². The zero-order valence-corrected chi connectivity index (χ0v) is 22.1. The summed E-state index contributed by atoms with van der Waals surface area (Å²) in [5, 5.41) is 11.1. The molecule has 2 amide bonds. The third-order valence-electron chi connectivity index (χ3n) is 8.73. The van der Waals surface area contributed by atoms with E-state index in [0.29, 0.717) is 34.4 Å². The highest BCUT2D eigenvalue weighted by Gasteiger charge is 2.56. The number of rotatable bonds is 4. The Morgan fingerprint density at radius 3 is 2.44 bits per heavy atom. The van der Waals surface area contributed by atoms with Crippen molar-refractivity contribution in [1.82, 2.24) is 0 Å². The Bertz CT molecular complexity index is 1540. The predicted molar refractivity (Wildman–Crippen MR) is 144 cm³/mol. The maximum Gasteiger partial charge on any atom is 0.238 e. The van der Waals surface area contributed by atoms with Crippen LogP contribution in [0.4, 0.5) is 5.69 Å². The second kappa shape index (κ2) is 9.19. The van der Waals surface area contributed by atoms with E-state index in [9.17, 15) is 24.3 Å². The number of nitrogens with zero attached hydrogens (tertiary/aromatic N) is 1. The average molecular weight is 524 g/mol. The van der Waals surface area contributed by atoms with Crippen LogP contribution in [0.25, 0.3) is 0 Å². The molecule has 0 radical (unpaired) electrons. The molecule has 3 aliphatic carbocycles. The van der Waals surface area contributed by atoms with Crippen molar-refractivity contribution >= 4 is 29.1 Å². The number of fused-ring (bicyclic) bond motifs is 3. The van der Waals surface area contributed by atoms with Crippen LogP contribution in [0.3, 0.4) is 0 Å². The molecule has 198 valence electrons. The molecule has 1 saturated heterocycles. The van der Waals surface area contributed by atoms with E-state index in [4.69, 9.17) is 4.74 Å². The molecule has 0 spiro atoms. The van der Waals surface area contributed by atoms with E-state index in [1.54, 1.807) is 37.3 Å². The number of Topliss-reactive ketones (excluding diaryl/α,β-unsaturated/α-hetero) is 1. The van der Waals surface area contributed by atoms with Gasteiger partial charge in [0.25, 0.3) is 0 Å². The lowest BCUT2D eigenvalue weighted by Crippen LogP contribution is -2.39. The van der Waals surface area contributed by atoms with Crippen LogP contribution in [-0.2, 0) is 25.6 Å². The molecule has 4 atom stereocenters. The van der Waals surface area contributed by atoms with Crippen molar-refractivity contribution in [3.63, 3.8) is 0 Å². The maximum absolute atomic E-state index is 14.0. The normalized spacial score (nSPS) is 26.2. The molecule has 39 heavy (non-hydrogen) atoms. The highest BCUT2D eigenvalue weighted by atomic mass is 16.5. The Morgan fingerprint density at radius 1 is 1.00 bits per heavy atom. The van der Waals surface area contributed by atoms with Crippen molar-refractivity contribution < 1.29 is 29.0 Å². The topological polar surface area (TPSA) is 101 Å². The van der Waals surface area contributed by atoms with Crippen LogP contribution in [0, 0.1) is 17.8 Å². The van der Waals surface area contributed by atoms with Crippen molar-refractivity contribution in [3.8, 4) is 11.5 Å². The molecule has 0 aromatic heterocycles. The summed E-state index contributed by atoms with van der Waals surface area (Å²) in [6.07, 6.45) is 4.67. The first-order valence-electron chi connectivity index (χ1n) is 13.3. The number of para-hydroxylation sites is 1. The van der Waals surface area contributed by atoms with E-state index in [1.807, 2.05) is 25.1 Å². The monoisotopic (exact) mass is 523 g/mol. The average Bonchev–Trinajstić information content (AvgIpc) is 3.20. The zero-order chi connectivity index (χ0) is 27.6. The SMILES string of the molecule is CCc1ccc(N2C(=O)[C@H]3[C@H](CC=C4[C@H](c5cccc(OC)c5O)C5=C(C[C@H]43)C(=O)C=C(C)C5=O)C2=O)cc1. The van der Waals surface area contributed by atoms with Crippen LogP contribution >= 0.6 is 0 Å². The summed E-state index contributed by atoms with van der Waals surface area (Å²) in [4.78, 5) is 55.6. The number of aromatic hydroxyl groups is 1. The summed E-state index contributed by atoms with van der Waals surface area (Å²) in [5.74, 6) is -3.30. The number of carbonyl (C=O) groups excluding carboxylic acids is 4. The summed E-state index contributed by atoms with van der Waals surface area (Å²) in [6, 6.07) is 12.5. The number of methoxy groups -OCH3 is 1. The van der Waals surface area contributed by atoms with Crippen LogP contribution in [0.2, 0.25) is 0 Å². The van der Waals surface area contributed by atoms with Crippen molar-refractivity contribution in [2.45, 2.75) is 39.0 Å². The highest BCUT2D eigenvalue weighted by Crippen LogP contribution is 2.57. The maximum atomic E-state index is 14.0. The van der Waals surface area contributed by atoms with Gasteiger partial charge in [0, 0.05) is 28.2 Å². The first kappa shape index (κ1) is 25.0. The van der Waals surface area contributed by atoms with E-state index in [1.165, 1.54) is 18.1 Å². The van der Waals surface area contributed by atoms with Gasteiger partial charge in [-0.1, -0.05) is 42.8 Å². The summed E-state index contributed by atoms with van der Waals surface area (Å²) >= 11 is 0. The Balaban J connectivity index is 1.48. The van der Waals surface area contributed by atoms with Gasteiger partial charge in [0.05, 0.1) is 24.6 Å². The molecule has 2 aromatic carbocycles. The molecule has 0 saturated carbocycles. The number of amides is 2. The molecule has 0 bridgehead atoms. The van der Waals surface area contributed by atoms with Crippen molar-refractivity contribution in [1.29, 1.82) is 0 Å². The first-order chi connectivity index (χ1) is 18.8. The van der Waals surface area contributed by atoms with Crippen molar-refractivity contribution in [2.24, 2.45) is 17.8 Å². The lowest BCUT2D eigenvalue weighted by molar-refractivity contribution is -0.123. The van der Waals surface area contributed by atoms with Crippen molar-refractivity contribution in [3.05, 3.63) is 88.0 Å². The fourth-order valence-corrected chi connectivity index (χ4v) is 6.79. The van der Waals surface area contributed by atoms with Crippen LogP contribution in [0.1, 0.15) is 43.7 Å². The van der Waals surface area contributed by atoms with Gasteiger partial charge < -0.3 is 9.84 Å². The number of hydrogen-bond acceptors (Lipinski definition) is 6. The number of phenolic OH excluding ortho intramolecular Hbond substituents is 1. The molecule has 0 unspecified atom stereocenters. The van der Waals surface area contributed by atoms with E-state index in [2.05, 4.69) is 0 Å². The number of imide groups is 1. The van der Waals surface area contributed by atoms with Gasteiger partial charge in [-0.2, -0.15) is 0 Å². The molecule has 6 rings (SSSR count). The molecule has 4 aliphatic rings. The van der Waals surface area contributed by atoms with Gasteiger partial charge in [0.2, 0.25) is 11.8 Å². The van der Waals surface area contributed by atoms with Gasteiger partial charge in [0.15, 0.2) is 23.1 Å². The second-order valence-electron chi connectivity index (χ2n) is 10.7. The number of aryl methyl sites for hydroxylation is 1. The predicted octanol–water partition coefficient (Wildman–Crippen LogP) is 4.60. The van der Waals surface area contributed by atoms with Crippen LogP contribution < -0.4 is 9.64 Å². The Kier molecular flexibility index (Phi) is 5.90. The number of ketones is 2. The lowest BCUT2D eigenvalue weighted by Gasteiger charge is -2.42. The molecule has 2 aromatic rings. The number of phenols is 1. The van der Waals surface area contributed by atoms with E-state index in [-0.39, 0.29) is 41.3 Å². The molecule has 1 heterocycles. The molecular weight excluding hydrogens is 494 g/mol. The third-order valence-corrected chi connectivity index (χ3v) is 8.73. The highest BCUT2D eigenvalue weighted by molar-refractivity contribution is 6.25. The smallest absolute Gasteiger partial charge is 0.238 e. The van der Waals surface area contributed by atoms with Gasteiger partial charge >= 0.3 is 0 Å². The number of benzene rings is 2. The third kappa shape index (κ3) is 3.63. The summed E-state index contributed by atoms with van der Waals surface area (Å²) in [7, 11) is 1.45. The Labute approximate surface area is 226 Å². The molecular formula is C32H29NO6. The van der Waals surface area contributed by atoms with E-state index < -0.39 is 23.7 Å². The number of hydrogen-bond donors (Lipinski definition) is 1. The first-order valence-corrected chi connectivity index (χ1v) is 13.3. The quantitative estimate of drug-likeness (QED) is 0.357. The number of carbonyl (C=O) groups is 4. The number of ether oxygens (including phenoxy) is 1. The molecule has 7 heteroatoms. The molecule has 7 nitrogen and oxygen atoms in total. The van der Waals surface area contributed by atoms with Gasteiger partial charge in [-0.3, -0.25) is 24.1 Å². The summed E-state index contributed by atoms with van der Waals surface area (Å²) < 4.78 is 5.34. The van der Waals surface area contributed by atoms with Gasteiger partial charge in [-0.05, 0) is 61.9 Å². The zero-order valence-electron chi connectivity index (χ0n) is 22.1. The molecule has 1 fully saturated rings. The second-order valence-corrected chi connectivity index (χ2v) is 10.7.